The maximum Gasteiger partial charge on any atom is 0.230 e. The predicted octanol–water partition coefficient (Wildman–Crippen LogP) is 3.78. The van der Waals surface area contributed by atoms with Gasteiger partial charge < -0.3 is 5.32 Å². The number of allylic oxidation sites excluding steroid dienone is 2. The number of pyridine rings is 1. The van der Waals surface area contributed by atoms with Gasteiger partial charge in [-0.25, -0.2) is 0 Å². The van der Waals surface area contributed by atoms with Gasteiger partial charge in [0.15, 0.2) is 5.01 Å². The maximum absolute atomic E-state index is 12.5. The van der Waals surface area contributed by atoms with Crippen LogP contribution in [0.25, 0.3) is 10.7 Å². The van der Waals surface area contributed by atoms with Gasteiger partial charge in [-0.2, -0.15) is 0 Å². The highest BCUT2D eigenvalue weighted by atomic mass is 32.1. The Bertz CT molecular complexity index is 747. The molecule has 120 valence electrons. The molecule has 0 spiro atoms. The average molecular weight is 328 g/mol. The van der Waals surface area contributed by atoms with E-state index in [2.05, 4.69) is 54.3 Å². The summed E-state index contributed by atoms with van der Waals surface area (Å²) in [5.41, 5.74) is 2.00. The quantitative estimate of drug-likeness (QED) is 0.867. The molecule has 0 saturated heterocycles. The van der Waals surface area contributed by atoms with Gasteiger partial charge in [-0.3, -0.25) is 9.78 Å². The van der Waals surface area contributed by atoms with E-state index in [1.807, 2.05) is 18.2 Å². The summed E-state index contributed by atoms with van der Waals surface area (Å²) in [7, 11) is 0. The van der Waals surface area contributed by atoms with E-state index in [-0.39, 0.29) is 23.2 Å². The van der Waals surface area contributed by atoms with E-state index in [1.54, 1.807) is 6.20 Å². The van der Waals surface area contributed by atoms with Crippen molar-refractivity contribution in [2.75, 3.05) is 5.32 Å². The first-order chi connectivity index (χ1) is 10.9. The molecule has 5 nitrogen and oxygen atoms in total. The number of amides is 1. The molecule has 0 aliphatic heterocycles. The van der Waals surface area contributed by atoms with Crippen LogP contribution in [0.5, 0.6) is 0 Å². The third-order valence-corrected chi connectivity index (χ3v) is 5.11. The van der Waals surface area contributed by atoms with Crippen molar-refractivity contribution in [1.29, 1.82) is 0 Å². The van der Waals surface area contributed by atoms with Crippen molar-refractivity contribution >= 4 is 22.4 Å². The Morgan fingerprint density at radius 3 is 2.74 bits per heavy atom. The van der Waals surface area contributed by atoms with Crippen molar-refractivity contribution in [2.45, 2.75) is 27.7 Å². The van der Waals surface area contributed by atoms with Gasteiger partial charge in [0.05, 0.1) is 5.92 Å². The third-order valence-electron chi connectivity index (χ3n) is 4.25. The lowest BCUT2D eigenvalue weighted by molar-refractivity contribution is -0.118. The summed E-state index contributed by atoms with van der Waals surface area (Å²) in [6.07, 6.45) is 3.90. The van der Waals surface area contributed by atoms with Gasteiger partial charge in [-0.15, -0.1) is 10.2 Å². The Balaban J connectivity index is 1.70. The van der Waals surface area contributed by atoms with Gasteiger partial charge in [0.2, 0.25) is 11.0 Å². The SMILES string of the molecule is CC(C)=C[C@@H]1[C@@H](C(=O)Nc2nnc(-c3ccccn3)s2)C1(C)C. The molecule has 0 radical (unpaired) electrons. The number of hydrogen-bond donors (Lipinski definition) is 1. The van der Waals surface area contributed by atoms with Gasteiger partial charge in [0.25, 0.3) is 0 Å². The highest BCUT2D eigenvalue weighted by Crippen LogP contribution is 2.59. The largest absolute Gasteiger partial charge is 0.300 e. The minimum atomic E-state index is -0.0143. The smallest absolute Gasteiger partial charge is 0.230 e. The molecule has 1 N–H and O–H groups in total. The molecule has 0 bridgehead atoms. The van der Waals surface area contributed by atoms with E-state index >= 15 is 0 Å². The van der Waals surface area contributed by atoms with E-state index in [0.717, 1.165) is 5.69 Å². The first-order valence-corrected chi connectivity index (χ1v) is 8.42. The van der Waals surface area contributed by atoms with Crippen LogP contribution in [0.1, 0.15) is 27.7 Å². The van der Waals surface area contributed by atoms with Gasteiger partial charge in [0.1, 0.15) is 5.69 Å². The van der Waals surface area contributed by atoms with Crippen LogP contribution < -0.4 is 5.32 Å². The summed E-state index contributed by atoms with van der Waals surface area (Å²) < 4.78 is 0. The van der Waals surface area contributed by atoms with Gasteiger partial charge in [-0.1, -0.05) is 42.9 Å². The van der Waals surface area contributed by atoms with Crippen LogP contribution in [0, 0.1) is 17.3 Å². The monoisotopic (exact) mass is 328 g/mol. The zero-order valence-corrected chi connectivity index (χ0v) is 14.5. The summed E-state index contributed by atoms with van der Waals surface area (Å²) in [4.78, 5) is 16.8. The van der Waals surface area contributed by atoms with Crippen LogP contribution in [0.2, 0.25) is 0 Å². The average Bonchev–Trinajstić information content (AvgIpc) is 2.86. The fourth-order valence-electron chi connectivity index (χ4n) is 2.90. The first kappa shape index (κ1) is 15.8. The van der Waals surface area contributed by atoms with Crippen molar-refractivity contribution in [3.05, 3.63) is 36.0 Å². The molecule has 1 saturated carbocycles. The molecule has 2 aromatic rings. The van der Waals surface area contributed by atoms with Crippen LogP contribution in [0.15, 0.2) is 36.0 Å². The van der Waals surface area contributed by atoms with E-state index < -0.39 is 0 Å². The van der Waals surface area contributed by atoms with Crippen LogP contribution in [0.3, 0.4) is 0 Å². The molecule has 3 rings (SSSR count). The van der Waals surface area contributed by atoms with E-state index in [9.17, 15) is 4.79 Å². The van der Waals surface area contributed by atoms with Gasteiger partial charge in [-0.05, 0) is 37.3 Å². The lowest BCUT2D eigenvalue weighted by atomic mass is 10.1. The lowest BCUT2D eigenvalue weighted by Crippen LogP contribution is -2.16. The molecular weight excluding hydrogens is 308 g/mol. The fraction of sp³-hybridized carbons (Fsp3) is 0.412. The fourth-order valence-corrected chi connectivity index (χ4v) is 3.62. The van der Waals surface area contributed by atoms with E-state index in [1.165, 1.54) is 16.9 Å². The Morgan fingerprint density at radius 2 is 2.09 bits per heavy atom. The zero-order valence-electron chi connectivity index (χ0n) is 13.7. The number of anilines is 1. The minimum Gasteiger partial charge on any atom is -0.300 e. The molecular formula is C17H20N4OS. The summed E-state index contributed by atoms with van der Waals surface area (Å²) in [5, 5.41) is 12.3. The Morgan fingerprint density at radius 1 is 1.30 bits per heavy atom. The Kier molecular flexibility index (Phi) is 4.02. The van der Waals surface area contributed by atoms with Crippen LogP contribution >= 0.6 is 11.3 Å². The van der Waals surface area contributed by atoms with Crippen LogP contribution in [-0.4, -0.2) is 21.1 Å². The highest BCUT2D eigenvalue weighted by molar-refractivity contribution is 7.18. The molecule has 0 unspecified atom stereocenters. The number of nitrogens with one attached hydrogen (secondary N) is 1. The number of carbonyl (C=O) groups excluding carboxylic acids is 1. The standard InChI is InChI=1S/C17H20N4OS/c1-10(2)9-11-13(17(11,3)4)14(22)19-16-21-20-15(23-16)12-7-5-6-8-18-12/h5-9,11,13H,1-4H3,(H,19,21,22)/t11-,13+/m1/s1. The maximum atomic E-state index is 12.5. The highest BCUT2D eigenvalue weighted by Gasteiger charge is 2.60. The molecule has 1 fully saturated rings. The van der Waals surface area contributed by atoms with Gasteiger partial charge in [0, 0.05) is 6.20 Å². The molecule has 0 aromatic carbocycles. The third kappa shape index (κ3) is 3.17. The summed E-state index contributed by atoms with van der Waals surface area (Å²) in [6.45, 7) is 8.38. The van der Waals surface area contributed by atoms with E-state index in [4.69, 9.17) is 0 Å². The second-order valence-electron chi connectivity index (χ2n) is 6.69. The molecule has 23 heavy (non-hydrogen) atoms. The summed E-state index contributed by atoms with van der Waals surface area (Å²) in [5.74, 6) is 0.288. The van der Waals surface area contributed by atoms with Crippen molar-refractivity contribution in [3.8, 4) is 10.7 Å². The summed E-state index contributed by atoms with van der Waals surface area (Å²) in [6, 6.07) is 5.63. The Labute approximate surface area is 139 Å². The van der Waals surface area contributed by atoms with Crippen molar-refractivity contribution in [1.82, 2.24) is 15.2 Å². The Hall–Kier alpha value is -2.08. The zero-order chi connectivity index (χ0) is 16.6. The number of rotatable bonds is 4. The van der Waals surface area contributed by atoms with Crippen LogP contribution in [0.4, 0.5) is 5.13 Å². The van der Waals surface area contributed by atoms with Gasteiger partial charge >= 0.3 is 0 Å². The normalized spacial score (nSPS) is 21.6. The molecule has 2 heterocycles. The number of carbonyl (C=O) groups is 1. The minimum absolute atomic E-state index is 0.00411. The predicted molar refractivity (Wildman–Crippen MR) is 92.0 cm³/mol. The van der Waals surface area contributed by atoms with E-state index in [0.29, 0.717) is 10.1 Å². The number of hydrogen-bond acceptors (Lipinski definition) is 5. The topological polar surface area (TPSA) is 67.8 Å². The molecule has 1 aliphatic rings. The van der Waals surface area contributed by atoms with Crippen molar-refractivity contribution < 1.29 is 4.79 Å². The summed E-state index contributed by atoms with van der Waals surface area (Å²) >= 11 is 1.34. The molecule has 1 amide bonds. The van der Waals surface area contributed by atoms with Crippen molar-refractivity contribution in [3.63, 3.8) is 0 Å². The second kappa shape index (κ2) is 5.85. The van der Waals surface area contributed by atoms with Crippen LogP contribution in [-0.2, 0) is 4.79 Å². The van der Waals surface area contributed by atoms with Crippen molar-refractivity contribution in [2.24, 2.45) is 17.3 Å². The second-order valence-corrected chi connectivity index (χ2v) is 7.66. The molecule has 2 aromatic heterocycles. The first-order valence-electron chi connectivity index (χ1n) is 7.60. The number of nitrogens with zero attached hydrogens (tertiary/aromatic N) is 3. The lowest BCUT2D eigenvalue weighted by Gasteiger charge is -2.01. The number of aromatic nitrogens is 3. The molecule has 2 atom stereocenters. The molecule has 1 aliphatic carbocycles. The molecule has 6 heteroatoms.